The van der Waals surface area contributed by atoms with E-state index in [0.717, 1.165) is 12.8 Å². The molecule has 0 atom stereocenters. The third-order valence-corrected chi connectivity index (χ3v) is 5.11. The molecule has 0 aromatic heterocycles. The summed E-state index contributed by atoms with van der Waals surface area (Å²) >= 11 is 0. The zero-order valence-corrected chi connectivity index (χ0v) is 16.4. The van der Waals surface area contributed by atoms with Gasteiger partial charge < -0.3 is 15.0 Å². The maximum atomic E-state index is 13.1. The van der Waals surface area contributed by atoms with Crippen molar-refractivity contribution in [2.45, 2.75) is 25.7 Å². The molecule has 3 amide bonds. The predicted molar refractivity (Wildman–Crippen MR) is 104 cm³/mol. The molecule has 2 heterocycles. The summed E-state index contributed by atoms with van der Waals surface area (Å²) in [6.45, 7) is 1.52. The van der Waals surface area contributed by atoms with Crippen molar-refractivity contribution in [3.05, 3.63) is 30.1 Å². The second-order valence-electron chi connectivity index (χ2n) is 7.25. The molecule has 2 aliphatic heterocycles. The van der Waals surface area contributed by atoms with E-state index in [4.69, 9.17) is 4.74 Å². The molecule has 29 heavy (non-hydrogen) atoms. The van der Waals surface area contributed by atoms with Crippen LogP contribution in [0, 0.1) is 11.7 Å². The summed E-state index contributed by atoms with van der Waals surface area (Å²) in [6.07, 6.45) is 2.24. The summed E-state index contributed by atoms with van der Waals surface area (Å²) in [5.74, 6) is -0.300. The van der Waals surface area contributed by atoms with Crippen LogP contribution in [0.1, 0.15) is 25.7 Å². The van der Waals surface area contributed by atoms with Crippen molar-refractivity contribution >= 4 is 23.4 Å². The first-order chi connectivity index (χ1) is 13.9. The summed E-state index contributed by atoms with van der Waals surface area (Å²) in [6, 6.07) is 5.65. The number of nitrogens with zero attached hydrogens (tertiary/aromatic N) is 3. The van der Waals surface area contributed by atoms with Crippen molar-refractivity contribution in [2.24, 2.45) is 11.0 Å². The standard InChI is InChI=1S/C20H25FN4O4/c1-24-19(27)6-5-17(23-24)20(28)25-9-7-14(8-10-25)12-22-18(26)13-29-16-4-2-3-15(21)11-16/h2-4,11,14H,5-10,12-13H2,1H3,(H,22,26). The molecule has 1 aromatic carbocycles. The third kappa shape index (κ3) is 5.75. The second kappa shape index (κ2) is 9.49. The highest BCUT2D eigenvalue weighted by Gasteiger charge is 2.29. The molecule has 1 aromatic rings. The van der Waals surface area contributed by atoms with Crippen LogP contribution in [0.3, 0.4) is 0 Å². The van der Waals surface area contributed by atoms with E-state index in [2.05, 4.69) is 10.4 Å². The van der Waals surface area contributed by atoms with Crippen LogP contribution in [0.4, 0.5) is 4.39 Å². The van der Waals surface area contributed by atoms with Crippen LogP contribution in [0.25, 0.3) is 0 Å². The minimum atomic E-state index is -0.415. The van der Waals surface area contributed by atoms with E-state index in [0.29, 0.717) is 43.9 Å². The number of hydrazone groups is 1. The molecule has 0 unspecified atom stereocenters. The Morgan fingerprint density at radius 2 is 2.03 bits per heavy atom. The van der Waals surface area contributed by atoms with Gasteiger partial charge in [0, 0.05) is 45.6 Å². The molecule has 2 aliphatic rings. The van der Waals surface area contributed by atoms with Gasteiger partial charge in [-0.05, 0) is 30.9 Å². The molecule has 1 fully saturated rings. The molecular weight excluding hydrogens is 379 g/mol. The lowest BCUT2D eigenvalue weighted by Gasteiger charge is -2.33. The molecule has 0 aliphatic carbocycles. The molecule has 3 rings (SSSR count). The van der Waals surface area contributed by atoms with E-state index in [-0.39, 0.29) is 30.2 Å². The summed E-state index contributed by atoms with van der Waals surface area (Å²) < 4.78 is 18.4. The van der Waals surface area contributed by atoms with Crippen LogP contribution < -0.4 is 10.1 Å². The first-order valence-corrected chi connectivity index (χ1v) is 9.70. The Kier molecular flexibility index (Phi) is 6.79. The smallest absolute Gasteiger partial charge is 0.270 e. The Balaban J connectivity index is 1.37. The maximum Gasteiger partial charge on any atom is 0.270 e. The minimum absolute atomic E-state index is 0.0858. The molecule has 0 bridgehead atoms. The molecule has 1 N–H and O–H groups in total. The average molecular weight is 404 g/mol. The summed E-state index contributed by atoms with van der Waals surface area (Å²) in [4.78, 5) is 37.7. The van der Waals surface area contributed by atoms with Crippen LogP contribution in [0.5, 0.6) is 5.75 Å². The highest BCUT2D eigenvalue weighted by atomic mass is 19.1. The first-order valence-electron chi connectivity index (χ1n) is 9.70. The molecule has 156 valence electrons. The molecule has 0 saturated carbocycles. The van der Waals surface area contributed by atoms with Gasteiger partial charge in [0.15, 0.2) is 6.61 Å². The topological polar surface area (TPSA) is 91.3 Å². The monoisotopic (exact) mass is 404 g/mol. The third-order valence-electron chi connectivity index (χ3n) is 5.11. The Hall–Kier alpha value is -2.97. The van der Waals surface area contributed by atoms with Crippen molar-refractivity contribution in [1.29, 1.82) is 0 Å². The molecule has 0 radical (unpaired) electrons. The number of benzene rings is 1. The fourth-order valence-corrected chi connectivity index (χ4v) is 3.36. The number of rotatable bonds is 6. The quantitative estimate of drug-likeness (QED) is 0.771. The number of hydrogen-bond acceptors (Lipinski definition) is 5. The maximum absolute atomic E-state index is 13.1. The number of halogens is 1. The van der Waals surface area contributed by atoms with Gasteiger partial charge in [-0.25, -0.2) is 9.40 Å². The lowest BCUT2D eigenvalue weighted by Crippen LogP contribution is -2.46. The summed E-state index contributed by atoms with van der Waals surface area (Å²) in [5, 5.41) is 8.14. The van der Waals surface area contributed by atoms with Gasteiger partial charge in [0.2, 0.25) is 5.91 Å². The number of hydrogen-bond donors (Lipinski definition) is 1. The van der Waals surface area contributed by atoms with E-state index in [1.54, 1.807) is 18.0 Å². The largest absolute Gasteiger partial charge is 0.484 e. The van der Waals surface area contributed by atoms with Gasteiger partial charge in [-0.15, -0.1) is 0 Å². The number of likely N-dealkylation sites (tertiary alicyclic amines) is 1. The summed E-state index contributed by atoms with van der Waals surface area (Å²) in [5.41, 5.74) is 0.424. The fraction of sp³-hybridized carbons (Fsp3) is 0.500. The van der Waals surface area contributed by atoms with Gasteiger partial charge in [0.05, 0.1) is 0 Å². The van der Waals surface area contributed by atoms with Crippen LogP contribution in [0.2, 0.25) is 0 Å². The lowest BCUT2D eigenvalue weighted by molar-refractivity contribution is -0.131. The van der Waals surface area contributed by atoms with E-state index in [9.17, 15) is 18.8 Å². The number of amides is 3. The zero-order valence-electron chi connectivity index (χ0n) is 16.4. The van der Waals surface area contributed by atoms with Crippen molar-refractivity contribution in [3.63, 3.8) is 0 Å². The molecule has 8 nitrogen and oxygen atoms in total. The SMILES string of the molecule is CN1N=C(C(=O)N2CCC(CNC(=O)COc3cccc(F)c3)CC2)CCC1=O. The van der Waals surface area contributed by atoms with Crippen molar-refractivity contribution < 1.29 is 23.5 Å². The van der Waals surface area contributed by atoms with Gasteiger partial charge in [0.25, 0.3) is 11.8 Å². The van der Waals surface area contributed by atoms with E-state index in [1.807, 2.05) is 0 Å². The van der Waals surface area contributed by atoms with E-state index >= 15 is 0 Å². The molecule has 1 saturated heterocycles. The Labute approximate surface area is 168 Å². The number of carbonyl (C=O) groups excluding carboxylic acids is 3. The van der Waals surface area contributed by atoms with Crippen LogP contribution in [-0.2, 0) is 14.4 Å². The molecular formula is C20H25FN4O4. The van der Waals surface area contributed by atoms with E-state index in [1.165, 1.54) is 23.2 Å². The Morgan fingerprint density at radius 3 is 2.72 bits per heavy atom. The normalized spacial score (nSPS) is 17.7. The molecule has 0 spiro atoms. The highest BCUT2D eigenvalue weighted by molar-refractivity contribution is 6.39. The number of carbonyl (C=O) groups is 3. The van der Waals surface area contributed by atoms with Gasteiger partial charge in [0.1, 0.15) is 17.3 Å². The molecule has 9 heteroatoms. The van der Waals surface area contributed by atoms with Crippen molar-refractivity contribution in [2.75, 3.05) is 33.3 Å². The van der Waals surface area contributed by atoms with Gasteiger partial charge >= 0.3 is 0 Å². The number of piperidine rings is 1. The first kappa shape index (κ1) is 20.8. The predicted octanol–water partition coefficient (Wildman–Crippen LogP) is 1.17. The fourth-order valence-electron chi connectivity index (χ4n) is 3.36. The van der Waals surface area contributed by atoms with Gasteiger partial charge in [-0.3, -0.25) is 14.4 Å². The van der Waals surface area contributed by atoms with Gasteiger partial charge in [-0.2, -0.15) is 5.10 Å². The zero-order chi connectivity index (χ0) is 20.8. The second-order valence-corrected chi connectivity index (χ2v) is 7.25. The average Bonchev–Trinajstić information content (AvgIpc) is 2.72. The van der Waals surface area contributed by atoms with Crippen LogP contribution in [0.15, 0.2) is 29.4 Å². The van der Waals surface area contributed by atoms with Crippen LogP contribution >= 0.6 is 0 Å². The van der Waals surface area contributed by atoms with Crippen molar-refractivity contribution in [1.82, 2.24) is 15.2 Å². The highest BCUT2D eigenvalue weighted by Crippen LogP contribution is 2.18. The van der Waals surface area contributed by atoms with Gasteiger partial charge in [-0.1, -0.05) is 6.07 Å². The Bertz CT molecular complexity index is 805. The van der Waals surface area contributed by atoms with Crippen molar-refractivity contribution in [3.8, 4) is 5.75 Å². The number of nitrogens with one attached hydrogen (secondary N) is 1. The lowest BCUT2D eigenvalue weighted by atomic mass is 9.96. The minimum Gasteiger partial charge on any atom is -0.484 e. The Morgan fingerprint density at radius 1 is 1.28 bits per heavy atom. The summed E-state index contributed by atoms with van der Waals surface area (Å²) in [7, 11) is 1.56. The number of ether oxygens (including phenoxy) is 1. The van der Waals surface area contributed by atoms with E-state index < -0.39 is 5.82 Å². The van der Waals surface area contributed by atoms with Crippen LogP contribution in [-0.4, -0.2) is 66.6 Å².